The number of ether oxygens (including phenoxy) is 2. The zero-order chi connectivity index (χ0) is 15.8. The van der Waals surface area contributed by atoms with E-state index in [4.69, 9.17) is 14.6 Å². The maximum atomic E-state index is 8.55. The van der Waals surface area contributed by atoms with Crippen LogP contribution < -0.4 is 4.74 Å². The lowest BCUT2D eigenvalue weighted by molar-refractivity contribution is 0.000844. The van der Waals surface area contributed by atoms with E-state index in [0.29, 0.717) is 36.1 Å². The molecule has 2 rings (SSSR count). The number of pyridine rings is 1. The number of H-pyrrole nitrogens is 1. The van der Waals surface area contributed by atoms with Crippen molar-refractivity contribution in [1.29, 1.82) is 0 Å². The monoisotopic (exact) mass is 301 g/mol. The molecule has 0 aliphatic rings. The number of allylic oxidation sites excluding steroid dienone is 1. The average Bonchev–Trinajstić information content (AvgIpc) is 2.97. The summed E-state index contributed by atoms with van der Waals surface area (Å²) in [4.78, 5) is 11.7. The summed E-state index contributed by atoms with van der Waals surface area (Å²) in [5, 5.41) is 8.55. The van der Waals surface area contributed by atoms with Crippen molar-refractivity contribution in [1.82, 2.24) is 15.0 Å². The largest absolute Gasteiger partial charge is 0.458 e. The van der Waals surface area contributed by atoms with Crippen molar-refractivity contribution in [3.63, 3.8) is 0 Å². The third kappa shape index (κ3) is 4.54. The standard InChI is InChI=1S/C16H19N3O3/c1-3-13(5-4-8-21-11-20)22-14-6-7-17-15(9-14)16-18-10-12(2)19-16/h3,5-7,9-10,20H,1,4,8,11H2,2H3,(H,18,19)/b13-5+. The molecule has 0 aliphatic heterocycles. The second kappa shape index (κ2) is 8.11. The molecule has 0 radical (unpaired) electrons. The molecular formula is C16H19N3O3. The highest BCUT2D eigenvalue weighted by Crippen LogP contribution is 2.20. The van der Waals surface area contributed by atoms with Gasteiger partial charge in [0.1, 0.15) is 24.0 Å². The molecule has 0 aliphatic carbocycles. The van der Waals surface area contributed by atoms with E-state index >= 15 is 0 Å². The fourth-order valence-electron chi connectivity index (χ4n) is 1.80. The van der Waals surface area contributed by atoms with E-state index in [1.807, 2.05) is 19.2 Å². The molecule has 2 heterocycles. The highest BCUT2D eigenvalue weighted by molar-refractivity contribution is 5.52. The molecule has 0 saturated heterocycles. The van der Waals surface area contributed by atoms with Crippen LogP contribution in [0.25, 0.3) is 11.5 Å². The fraction of sp³-hybridized carbons (Fsp3) is 0.250. The average molecular weight is 301 g/mol. The van der Waals surface area contributed by atoms with Crippen LogP contribution in [0.3, 0.4) is 0 Å². The first-order valence-electron chi connectivity index (χ1n) is 6.90. The molecule has 6 nitrogen and oxygen atoms in total. The summed E-state index contributed by atoms with van der Waals surface area (Å²) in [6.07, 6.45) is 7.58. The molecule has 0 fully saturated rings. The molecule has 116 valence electrons. The van der Waals surface area contributed by atoms with E-state index in [1.165, 1.54) is 0 Å². The van der Waals surface area contributed by atoms with Gasteiger partial charge in [0, 0.05) is 18.5 Å². The number of imidazole rings is 1. The van der Waals surface area contributed by atoms with Crippen molar-refractivity contribution in [3.05, 3.63) is 54.7 Å². The Labute approximate surface area is 129 Å². The van der Waals surface area contributed by atoms with Gasteiger partial charge in [-0.25, -0.2) is 4.98 Å². The Kier molecular flexibility index (Phi) is 5.88. The van der Waals surface area contributed by atoms with Crippen molar-refractivity contribution >= 4 is 0 Å². The zero-order valence-corrected chi connectivity index (χ0v) is 12.5. The Balaban J connectivity index is 2.07. The van der Waals surface area contributed by atoms with Gasteiger partial charge in [0.05, 0.1) is 12.3 Å². The summed E-state index contributed by atoms with van der Waals surface area (Å²) < 4.78 is 10.6. The van der Waals surface area contributed by atoms with Gasteiger partial charge in [-0.05, 0) is 31.6 Å². The van der Waals surface area contributed by atoms with Crippen LogP contribution >= 0.6 is 0 Å². The second-order valence-electron chi connectivity index (χ2n) is 4.51. The van der Waals surface area contributed by atoms with Crippen LogP contribution in [-0.2, 0) is 4.74 Å². The minimum absolute atomic E-state index is 0.283. The molecule has 0 spiro atoms. The lowest BCUT2D eigenvalue weighted by Gasteiger charge is -2.07. The zero-order valence-electron chi connectivity index (χ0n) is 12.5. The van der Waals surface area contributed by atoms with E-state index in [9.17, 15) is 0 Å². The van der Waals surface area contributed by atoms with E-state index < -0.39 is 0 Å². The Bertz CT molecular complexity index is 650. The molecule has 0 saturated carbocycles. The minimum atomic E-state index is -0.283. The number of aryl methyl sites for hydroxylation is 1. The normalized spacial score (nSPS) is 11.5. The number of nitrogens with zero attached hydrogens (tertiary/aromatic N) is 2. The van der Waals surface area contributed by atoms with Gasteiger partial charge in [0.2, 0.25) is 0 Å². The van der Waals surface area contributed by atoms with Crippen LogP contribution in [0.1, 0.15) is 12.1 Å². The van der Waals surface area contributed by atoms with Crippen molar-refractivity contribution in [2.24, 2.45) is 0 Å². The fourth-order valence-corrected chi connectivity index (χ4v) is 1.80. The van der Waals surface area contributed by atoms with E-state index in [-0.39, 0.29) is 6.79 Å². The van der Waals surface area contributed by atoms with E-state index in [0.717, 1.165) is 5.69 Å². The number of hydrogen-bond donors (Lipinski definition) is 2. The van der Waals surface area contributed by atoms with Crippen LogP contribution in [0, 0.1) is 6.92 Å². The van der Waals surface area contributed by atoms with Gasteiger partial charge in [-0.15, -0.1) is 0 Å². The van der Waals surface area contributed by atoms with Gasteiger partial charge >= 0.3 is 0 Å². The Morgan fingerprint density at radius 3 is 3.05 bits per heavy atom. The molecule has 2 aromatic heterocycles. The molecule has 0 amide bonds. The highest BCUT2D eigenvalue weighted by Gasteiger charge is 2.06. The summed E-state index contributed by atoms with van der Waals surface area (Å²) in [5.74, 6) is 1.96. The van der Waals surface area contributed by atoms with Crippen molar-refractivity contribution in [2.45, 2.75) is 13.3 Å². The Hall–Kier alpha value is -2.44. The van der Waals surface area contributed by atoms with Crippen molar-refractivity contribution in [2.75, 3.05) is 13.4 Å². The van der Waals surface area contributed by atoms with E-state index in [1.54, 1.807) is 24.4 Å². The number of rotatable bonds is 8. The van der Waals surface area contributed by atoms with Crippen molar-refractivity contribution in [3.8, 4) is 17.3 Å². The molecule has 2 aromatic rings. The predicted molar refractivity (Wildman–Crippen MR) is 83.1 cm³/mol. The number of aliphatic hydroxyl groups excluding tert-OH is 1. The molecule has 2 N–H and O–H groups in total. The van der Waals surface area contributed by atoms with Crippen LogP contribution in [-0.4, -0.2) is 33.5 Å². The van der Waals surface area contributed by atoms with Crippen LogP contribution in [0.4, 0.5) is 0 Å². The molecule has 0 unspecified atom stereocenters. The van der Waals surface area contributed by atoms with Gasteiger partial charge in [-0.2, -0.15) is 0 Å². The predicted octanol–water partition coefficient (Wildman–Crippen LogP) is 2.59. The lowest BCUT2D eigenvalue weighted by Crippen LogP contribution is -1.97. The van der Waals surface area contributed by atoms with Crippen LogP contribution in [0.2, 0.25) is 0 Å². The molecule has 0 aromatic carbocycles. The summed E-state index contributed by atoms with van der Waals surface area (Å²) in [7, 11) is 0. The summed E-state index contributed by atoms with van der Waals surface area (Å²) >= 11 is 0. The van der Waals surface area contributed by atoms with Crippen molar-refractivity contribution < 1.29 is 14.6 Å². The summed E-state index contributed by atoms with van der Waals surface area (Å²) in [5.41, 5.74) is 1.61. The van der Waals surface area contributed by atoms with Gasteiger partial charge in [0.25, 0.3) is 0 Å². The Morgan fingerprint density at radius 1 is 1.50 bits per heavy atom. The maximum Gasteiger partial charge on any atom is 0.156 e. The van der Waals surface area contributed by atoms with E-state index in [2.05, 4.69) is 21.5 Å². The van der Waals surface area contributed by atoms with Gasteiger partial charge in [0.15, 0.2) is 5.82 Å². The molecule has 6 heteroatoms. The second-order valence-corrected chi connectivity index (χ2v) is 4.51. The quantitative estimate of drug-likeness (QED) is 0.339. The third-order valence-electron chi connectivity index (χ3n) is 2.82. The van der Waals surface area contributed by atoms with Crippen LogP contribution in [0.15, 0.2) is 49.0 Å². The molecular weight excluding hydrogens is 282 g/mol. The first-order valence-corrected chi connectivity index (χ1v) is 6.90. The topological polar surface area (TPSA) is 80.3 Å². The molecule has 0 atom stereocenters. The van der Waals surface area contributed by atoms with Gasteiger partial charge in [-0.1, -0.05) is 6.58 Å². The smallest absolute Gasteiger partial charge is 0.156 e. The van der Waals surface area contributed by atoms with Gasteiger partial charge < -0.3 is 19.6 Å². The molecule has 0 bridgehead atoms. The number of aliphatic hydroxyl groups is 1. The SMILES string of the molecule is C=C/C(=C\CCOCO)Oc1ccnc(-c2nc(C)c[nH]2)c1. The summed E-state index contributed by atoms with van der Waals surface area (Å²) in [6.45, 7) is 5.77. The maximum absolute atomic E-state index is 8.55. The molecule has 22 heavy (non-hydrogen) atoms. The first kappa shape index (κ1) is 15.9. The Morgan fingerprint density at radius 2 is 2.36 bits per heavy atom. The van der Waals surface area contributed by atoms with Gasteiger partial charge in [-0.3, -0.25) is 4.98 Å². The number of aromatic amines is 1. The highest BCUT2D eigenvalue weighted by atomic mass is 16.6. The van der Waals surface area contributed by atoms with Crippen LogP contribution in [0.5, 0.6) is 5.75 Å². The number of aromatic nitrogens is 3. The summed E-state index contributed by atoms with van der Waals surface area (Å²) in [6, 6.07) is 3.57. The lowest BCUT2D eigenvalue weighted by atomic mass is 10.3. The first-order chi connectivity index (χ1) is 10.7. The minimum Gasteiger partial charge on any atom is -0.458 e. The number of hydrogen-bond acceptors (Lipinski definition) is 5. The third-order valence-corrected chi connectivity index (χ3v) is 2.82. The number of nitrogens with one attached hydrogen (secondary N) is 1.